The molecule has 52 heavy (non-hydrogen) atoms. The third-order valence-corrected chi connectivity index (χ3v) is 11.1. The Labute approximate surface area is 305 Å². The number of nitrogens with zero attached hydrogens (tertiary/aromatic N) is 1. The highest BCUT2D eigenvalue weighted by Gasteiger charge is 2.53. The molecule has 3 amide bonds. The fourth-order valence-electron chi connectivity index (χ4n) is 8.31. The van der Waals surface area contributed by atoms with Crippen LogP contribution in [-0.2, 0) is 28.5 Å². The molecule has 1 saturated heterocycles. The Kier molecular flexibility index (Phi) is 12.9. The average Bonchev–Trinajstić information content (AvgIpc) is 3.77. The zero-order valence-electron chi connectivity index (χ0n) is 31.5. The van der Waals surface area contributed by atoms with Gasteiger partial charge in [0.25, 0.3) is 0 Å². The van der Waals surface area contributed by atoms with E-state index in [1.807, 2.05) is 0 Å². The lowest BCUT2D eigenvalue weighted by atomic mass is 9.72. The van der Waals surface area contributed by atoms with Crippen molar-refractivity contribution in [3.63, 3.8) is 0 Å². The molecule has 0 spiro atoms. The molecule has 2 N–H and O–H groups in total. The molecule has 1 aromatic heterocycles. The monoisotopic (exact) mass is 729 g/mol. The summed E-state index contributed by atoms with van der Waals surface area (Å²) in [5.74, 6) is -1.57. The summed E-state index contributed by atoms with van der Waals surface area (Å²) in [6.45, 7) is 6.86. The van der Waals surface area contributed by atoms with E-state index in [1.54, 1.807) is 64.0 Å². The minimum Gasteiger partial charge on any atom is -0.457 e. The number of carbonyl (C=O) groups excluding carboxylic acids is 4. The molecule has 12 nitrogen and oxygen atoms in total. The van der Waals surface area contributed by atoms with Crippen LogP contribution in [-0.4, -0.2) is 92.2 Å². The zero-order chi connectivity index (χ0) is 37.6. The second kappa shape index (κ2) is 17.0. The highest BCUT2D eigenvalue weighted by Crippen LogP contribution is 2.46. The van der Waals surface area contributed by atoms with Gasteiger partial charge in [0.15, 0.2) is 0 Å². The fraction of sp³-hybridized carbons (Fsp3) is 0.692. The first-order valence-corrected chi connectivity index (χ1v) is 18.7. The Morgan fingerprint density at radius 1 is 1.02 bits per heavy atom. The lowest BCUT2D eigenvalue weighted by Crippen LogP contribution is -2.55. The molecule has 288 valence electrons. The number of fused-ring (bicyclic) bond motifs is 1. The maximum absolute atomic E-state index is 14.4. The molecule has 2 aromatic rings. The number of furan rings is 1. The second-order valence-corrected chi connectivity index (χ2v) is 15.7. The largest absolute Gasteiger partial charge is 0.457 e. The van der Waals surface area contributed by atoms with Crippen molar-refractivity contribution in [2.45, 2.75) is 121 Å². The van der Waals surface area contributed by atoms with Gasteiger partial charge >= 0.3 is 12.1 Å². The van der Waals surface area contributed by atoms with Gasteiger partial charge in [0.05, 0.1) is 17.7 Å². The fourth-order valence-corrected chi connectivity index (χ4v) is 8.31. The molecule has 2 aliphatic carbocycles. The molecule has 13 heteroatoms. The molecule has 3 fully saturated rings. The number of anilines is 1. The predicted molar refractivity (Wildman–Crippen MR) is 193 cm³/mol. The van der Waals surface area contributed by atoms with Crippen LogP contribution >= 0.6 is 0 Å². The number of esters is 1. The topological polar surface area (TPSA) is 146 Å². The molecule has 5 rings (SSSR count). The second-order valence-electron chi connectivity index (χ2n) is 15.7. The molecule has 0 radical (unpaired) electrons. The maximum atomic E-state index is 14.4. The van der Waals surface area contributed by atoms with Gasteiger partial charge in [-0.2, -0.15) is 0 Å². The number of hydrogen-bond acceptors (Lipinski definition) is 9. The Morgan fingerprint density at radius 2 is 1.73 bits per heavy atom. The average molecular weight is 730 g/mol. The van der Waals surface area contributed by atoms with Crippen LogP contribution < -0.4 is 10.6 Å². The summed E-state index contributed by atoms with van der Waals surface area (Å²) >= 11 is 0. The van der Waals surface area contributed by atoms with Gasteiger partial charge in [0, 0.05) is 43.7 Å². The number of alkyl carbamates (subject to hydrolysis) is 1. The van der Waals surface area contributed by atoms with Gasteiger partial charge in [0.1, 0.15) is 30.5 Å². The molecule has 0 bridgehead atoms. The maximum Gasteiger partial charge on any atom is 0.407 e. The van der Waals surface area contributed by atoms with E-state index in [1.165, 1.54) is 7.11 Å². The van der Waals surface area contributed by atoms with Crippen LogP contribution in [0.3, 0.4) is 0 Å². The summed E-state index contributed by atoms with van der Waals surface area (Å²) < 4.78 is 41.8. The first-order chi connectivity index (χ1) is 24.8. The van der Waals surface area contributed by atoms with Gasteiger partial charge < -0.3 is 38.9 Å². The molecule has 0 unspecified atom stereocenters. The summed E-state index contributed by atoms with van der Waals surface area (Å²) in [6.07, 6.45) is 6.69. The number of hydrogen-bond donors (Lipinski definition) is 2. The Morgan fingerprint density at radius 3 is 2.37 bits per heavy atom. The van der Waals surface area contributed by atoms with Gasteiger partial charge in [-0.05, 0) is 103 Å². The summed E-state index contributed by atoms with van der Waals surface area (Å²) in [7, 11) is 3.25. The van der Waals surface area contributed by atoms with E-state index in [-0.39, 0.29) is 48.0 Å². The summed E-state index contributed by atoms with van der Waals surface area (Å²) in [5, 5.41) is 6.37. The first-order valence-electron chi connectivity index (χ1n) is 18.7. The Bertz CT molecular complexity index is 1560. The van der Waals surface area contributed by atoms with Crippen LogP contribution in [0.25, 0.3) is 11.0 Å². The van der Waals surface area contributed by atoms with E-state index in [0.29, 0.717) is 55.3 Å². The van der Waals surface area contributed by atoms with Gasteiger partial charge in [-0.25, -0.2) is 14.0 Å². The highest BCUT2D eigenvalue weighted by molar-refractivity contribution is 6.00. The number of benzene rings is 1. The quantitative estimate of drug-likeness (QED) is 0.225. The third-order valence-electron chi connectivity index (χ3n) is 11.1. The number of ether oxygens (including phenoxy) is 4. The Hall–Kier alpha value is -3.71. The summed E-state index contributed by atoms with van der Waals surface area (Å²) in [6, 6.07) is 5.28. The SMILES string of the molecule is CO[C@@H](C)COC(=O)c1cc2cc(NC(=O)[C@H]3[C@H](C4(OC)CCCCC4)CCN3C(=O)[C@H]3CC[C@H]([C@@H](CF)NC(=O)OC(C)(C)C)CC3)ccc2o1. The van der Waals surface area contributed by atoms with E-state index < -0.39 is 42.0 Å². The predicted octanol–water partition coefficient (Wildman–Crippen LogP) is 6.80. The van der Waals surface area contributed by atoms with Crippen molar-refractivity contribution in [2.24, 2.45) is 17.8 Å². The van der Waals surface area contributed by atoms with Crippen LogP contribution in [0.15, 0.2) is 28.7 Å². The van der Waals surface area contributed by atoms with E-state index in [0.717, 1.165) is 32.1 Å². The van der Waals surface area contributed by atoms with Crippen LogP contribution in [0.5, 0.6) is 0 Å². The van der Waals surface area contributed by atoms with Crippen LogP contribution in [0.2, 0.25) is 0 Å². The van der Waals surface area contributed by atoms with E-state index in [2.05, 4.69) is 10.6 Å². The molecule has 1 aromatic carbocycles. The highest BCUT2D eigenvalue weighted by atomic mass is 19.1. The van der Waals surface area contributed by atoms with Crippen LogP contribution in [0.1, 0.15) is 102 Å². The number of likely N-dealkylation sites (tertiary alicyclic amines) is 1. The number of amides is 3. The van der Waals surface area contributed by atoms with Crippen molar-refractivity contribution in [1.29, 1.82) is 0 Å². The lowest BCUT2D eigenvalue weighted by molar-refractivity contribution is -0.146. The number of nitrogens with one attached hydrogen (secondary N) is 2. The van der Waals surface area contributed by atoms with E-state index in [9.17, 15) is 23.6 Å². The standard InChI is InChI=1S/C39H56FN3O9/c1-24(48-5)23-50-36(46)32-21-27-20-28(14-15-31(27)51-32)41-34(44)33-29(39(49-6)17-8-7-9-18-39)16-19-43(33)35(45)26-12-10-25(11-13-26)30(22-40)42-37(47)52-38(2,3)4/h14-15,20-21,24-26,29-30,33H,7-13,16-19,22-23H2,1-6H3,(H,41,44)(H,42,47)/t24-,25-,26-,29+,30+,33+/m0/s1. The van der Waals surface area contributed by atoms with Crippen LogP contribution in [0, 0.1) is 17.8 Å². The molecule has 4 atom stereocenters. The van der Waals surface area contributed by atoms with Crippen molar-refractivity contribution in [2.75, 3.05) is 39.4 Å². The first kappa shape index (κ1) is 39.5. The smallest absolute Gasteiger partial charge is 0.407 e. The minimum absolute atomic E-state index is 0.0434. The number of halogens is 1. The third kappa shape index (κ3) is 9.25. The van der Waals surface area contributed by atoms with Gasteiger partial charge in [-0.15, -0.1) is 0 Å². The molecular weight excluding hydrogens is 673 g/mol. The molecular formula is C39H56FN3O9. The van der Waals surface area contributed by atoms with Crippen LogP contribution in [0.4, 0.5) is 14.9 Å². The summed E-state index contributed by atoms with van der Waals surface area (Å²) in [4.78, 5) is 55.4. The van der Waals surface area contributed by atoms with Crippen molar-refractivity contribution in [1.82, 2.24) is 10.2 Å². The number of alkyl halides is 1. The zero-order valence-corrected chi connectivity index (χ0v) is 31.5. The molecule has 1 aliphatic heterocycles. The van der Waals surface area contributed by atoms with Crippen molar-refractivity contribution >= 4 is 40.5 Å². The number of methoxy groups -OCH3 is 2. The molecule has 3 aliphatic rings. The minimum atomic E-state index is -0.746. The normalized spacial score (nSPS) is 24.6. The summed E-state index contributed by atoms with van der Waals surface area (Å²) in [5.41, 5.74) is -0.236. The molecule has 2 heterocycles. The van der Waals surface area contributed by atoms with E-state index in [4.69, 9.17) is 23.4 Å². The molecule has 2 saturated carbocycles. The Balaban J connectivity index is 1.30. The van der Waals surface area contributed by atoms with Gasteiger partial charge in [-0.1, -0.05) is 19.3 Å². The van der Waals surface area contributed by atoms with Gasteiger partial charge in [0.2, 0.25) is 17.6 Å². The lowest BCUT2D eigenvalue weighted by Gasteiger charge is -2.44. The van der Waals surface area contributed by atoms with Gasteiger partial charge in [-0.3, -0.25) is 9.59 Å². The number of carbonyl (C=O) groups is 4. The number of rotatable bonds is 12. The van der Waals surface area contributed by atoms with Crippen molar-refractivity contribution in [3.05, 3.63) is 30.0 Å². The van der Waals surface area contributed by atoms with Crippen molar-refractivity contribution < 1.29 is 46.9 Å². The van der Waals surface area contributed by atoms with Crippen molar-refractivity contribution in [3.8, 4) is 0 Å². The van der Waals surface area contributed by atoms with E-state index >= 15 is 0 Å².